The summed E-state index contributed by atoms with van der Waals surface area (Å²) in [6.07, 6.45) is 2.28. The van der Waals surface area contributed by atoms with Crippen LogP contribution in [0.5, 0.6) is 0 Å². The lowest BCUT2D eigenvalue weighted by atomic mass is 10.4. The van der Waals surface area contributed by atoms with Crippen molar-refractivity contribution in [2.24, 2.45) is 0 Å². The Kier molecular flexibility index (Phi) is 3.91. The highest BCUT2D eigenvalue weighted by Crippen LogP contribution is 2.16. The van der Waals surface area contributed by atoms with Gasteiger partial charge in [0.15, 0.2) is 5.03 Å². The topological polar surface area (TPSA) is 101 Å². The second-order valence-electron chi connectivity index (χ2n) is 4.56. The van der Waals surface area contributed by atoms with Crippen molar-refractivity contribution in [2.75, 3.05) is 13.1 Å². The second kappa shape index (κ2) is 5.33. The lowest BCUT2D eigenvalue weighted by Gasteiger charge is -2.23. The van der Waals surface area contributed by atoms with E-state index in [0.29, 0.717) is 12.4 Å². The number of hydrogen-bond acceptors (Lipinski definition) is 5. The molecule has 1 fully saturated rings. The maximum absolute atomic E-state index is 12.4. The van der Waals surface area contributed by atoms with Crippen LogP contribution in [-0.4, -0.2) is 47.2 Å². The molecule has 1 aromatic heterocycles. The SMILES string of the molecule is CCCn1cc(S(=O)(=O)N2CC(=O)NC(=O)C2)nc1C. The molecule has 0 saturated carbocycles. The van der Waals surface area contributed by atoms with E-state index in [2.05, 4.69) is 10.3 Å². The number of carbonyl (C=O) groups is 2. The van der Waals surface area contributed by atoms with E-state index in [9.17, 15) is 18.0 Å². The minimum atomic E-state index is -3.93. The van der Waals surface area contributed by atoms with Crippen LogP contribution >= 0.6 is 0 Å². The first kappa shape index (κ1) is 14.7. The summed E-state index contributed by atoms with van der Waals surface area (Å²) in [5.41, 5.74) is 0. The maximum atomic E-state index is 12.4. The van der Waals surface area contributed by atoms with E-state index in [0.717, 1.165) is 10.7 Å². The summed E-state index contributed by atoms with van der Waals surface area (Å²) < 4.78 is 27.3. The predicted molar refractivity (Wildman–Crippen MR) is 69.2 cm³/mol. The zero-order valence-electron chi connectivity index (χ0n) is 11.3. The molecule has 2 amide bonds. The number of imide groups is 1. The zero-order chi connectivity index (χ0) is 14.9. The quantitative estimate of drug-likeness (QED) is 0.737. The van der Waals surface area contributed by atoms with Gasteiger partial charge in [-0.3, -0.25) is 14.9 Å². The smallest absolute Gasteiger partial charge is 0.263 e. The van der Waals surface area contributed by atoms with Crippen LogP contribution in [-0.2, 0) is 26.2 Å². The molecule has 1 aromatic rings. The fraction of sp³-hybridized carbons (Fsp3) is 0.545. The summed E-state index contributed by atoms with van der Waals surface area (Å²) in [5.74, 6) is -0.678. The first-order chi connectivity index (χ1) is 9.34. The van der Waals surface area contributed by atoms with Crippen LogP contribution in [0.25, 0.3) is 0 Å². The lowest BCUT2D eigenvalue weighted by molar-refractivity contribution is -0.134. The molecule has 2 rings (SSSR count). The molecular formula is C11H16N4O4S. The Hall–Kier alpha value is -1.74. The first-order valence-corrected chi connectivity index (χ1v) is 7.65. The number of carbonyl (C=O) groups excluding carboxylic acids is 2. The van der Waals surface area contributed by atoms with E-state index in [-0.39, 0.29) is 18.1 Å². The number of piperazine rings is 1. The van der Waals surface area contributed by atoms with Gasteiger partial charge < -0.3 is 4.57 Å². The minimum absolute atomic E-state index is 0.133. The van der Waals surface area contributed by atoms with Gasteiger partial charge in [0.05, 0.1) is 13.1 Å². The summed E-state index contributed by atoms with van der Waals surface area (Å²) in [5, 5.41) is 1.93. The van der Waals surface area contributed by atoms with Crippen molar-refractivity contribution in [3.05, 3.63) is 12.0 Å². The fourth-order valence-electron chi connectivity index (χ4n) is 1.98. The fourth-order valence-corrected chi connectivity index (χ4v) is 3.33. The Morgan fingerprint density at radius 3 is 2.45 bits per heavy atom. The Bertz CT molecular complexity index is 633. The van der Waals surface area contributed by atoms with E-state index < -0.39 is 21.8 Å². The van der Waals surface area contributed by atoms with E-state index >= 15 is 0 Å². The number of rotatable bonds is 4. The van der Waals surface area contributed by atoms with Crippen molar-refractivity contribution >= 4 is 21.8 Å². The molecule has 2 heterocycles. The highest BCUT2D eigenvalue weighted by molar-refractivity contribution is 7.89. The molecule has 0 spiro atoms. The van der Waals surface area contributed by atoms with Crippen LogP contribution in [0.1, 0.15) is 19.2 Å². The van der Waals surface area contributed by atoms with E-state index in [1.54, 1.807) is 11.5 Å². The Labute approximate surface area is 116 Å². The molecule has 1 aliphatic heterocycles. The average Bonchev–Trinajstić information content (AvgIpc) is 2.71. The molecule has 0 aromatic carbocycles. The van der Waals surface area contributed by atoms with E-state index in [4.69, 9.17) is 0 Å². The minimum Gasteiger partial charge on any atom is -0.334 e. The van der Waals surface area contributed by atoms with Crippen LogP contribution in [0.2, 0.25) is 0 Å². The molecular weight excluding hydrogens is 284 g/mol. The second-order valence-corrected chi connectivity index (χ2v) is 6.45. The van der Waals surface area contributed by atoms with Crippen molar-refractivity contribution in [1.82, 2.24) is 19.2 Å². The normalized spacial score (nSPS) is 17.3. The highest BCUT2D eigenvalue weighted by atomic mass is 32.2. The molecule has 1 saturated heterocycles. The lowest BCUT2D eigenvalue weighted by Crippen LogP contribution is -2.53. The van der Waals surface area contributed by atoms with Crippen LogP contribution in [0.4, 0.5) is 0 Å². The first-order valence-electron chi connectivity index (χ1n) is 6.21. The molecule has 1 N–H and O–H groups in total. The van der Waals surface area contributed by atoms with Crippen molar-refractivity contribution in [1.29, 1.82) is 0 Å². The molecule has 0 bridgehead atoms. The zero-order valence-corrected chi connectivity index (χ0v) is 12.1. The summed E-state index contributed by atoms with van der Waals surface area (Å²) in [6.45, 7) is 3.61. The van der Waals surface area contributed by atoms with Crippen molar-refractivity contribution in [3.63, 3.8) is 0 Å². The molecule has 9 heteroatoms. The molecule has 0 radical (unpaired) electrons. The van der Waals surface area contributed by atoms with Gasteiger partial charge in [-0.25, -0.2) is 13.4 Å². The molecule has 0 atom stereocenters. The van der Waals surface area contributed by atoms with E-state index in [1.165, 1.54) is 6.20 Å². The third-order valence-corrected chi connectivity index (χ3v) is 4.60. The number of nitrogens with zero attached hydrogens (tertiary/aromatic N) is 3. The van der Waals surface area contributed by atoms with Crippen molar-refractivity contribution in [3.8, 4) is 0 Å². The molecule has 110 valence electrons. The molecule has 8 nitrogen and oxygen atoms in total. The number of hydrogen-bond donors (Lipinski definition) is 1. The third kappa shape index (κ3) is 2.73. The summed E-state index contributed by atoms with van der Waals surface area (Å²) in [4.78, 5) is 26.6. The summed E-state index contributed by atoms with van der Waals surface area (Å²) in [6, 6.07) is 0. The average molecular weight is 300 g/mol. The summed E-state index contributed by atoms with van der Waals surface area (Å²) in [7, 11) is -3.93. The van der Waals surface area contributed by atoms with Gasteiger partial charge >= 0.3 is 0 Å². The Morgan fingerprint density at radius 1 is 1.30 bits per heavy atom. The van der Waals surface area contributed by atoms with Crippen molar-refractivity contribution in [2.45, 2.75) is 31.8 Å². The van der Waals surface area contributed by atoms with E-state index in [1.807, 2.05) is 6.92 Å². The van der Waals surface area contributed by atoms with Gasteiger partial charge in [-0.2, -0.15) is 4.31 Å². The molecule has 0 unspecified atom stereocenters. The number of aromatic nitrogens is 2. The maximum Gasteiger partial charge on any atom is 0.263 e. The molecule has 0 aliphatic carbocycles. The van der Waals surface area contributed by atoms with Gasteiger partial charge in [-0.15, -0.1) is 0 Å². The van der Waals surface area contributed by atoms with Gasteiger partial charge in [-0.05, 0) is 13.3 Å². The predicted octanol–water partition coefficient (Wildman–Crippen LogP) is -0.751. The van der Waals surface area contributed by atoms with Crippen LogP contribution < -0.4 is 5.32 Å². The number of amides is 2. The molecule has 20 heavy (non-hydrogen) atoms. The number of nitrogens with one attached hydrogen (secondary N) is 1. The van der Waals surface area contributed by atoms with Crippen LogP contribution in [0, 0.1) is 6.92 Å². The number of imidazole rings is 1. The van der Waals surface area contributed by atoms with Gasteiger partial charge in [0.1, 0.15) is 5.82 Å². The molecule has 1 aliphatic rings. The largest absolute Gasteiger partial charge is 0.334 e. The highest BCUT2D eigenvalue weighted by Gasteiger charge is 2.34. The standard InChI is InChI=1S/C11H16N4O4S/c1-3-4-14-7-11(12-8(14)2)20(18,19)15-5-9(16)13-10(17)6-15/h7H,3-6H2,1-2H3,(H,13,16,17). The number of aryl methyl sites for hydroxylation is 2. The van der Waals surface area contributed by atoms with Gasteiger partial charge in [-0.1, -0.05) is 6.92 Å². The van der Waals surface area contributed by atoms with Gasteiger partial charge in [0.25, 0.3) is 10.0 Å². The Morgan fingerprint density at radius 2 is 1.90 bits per heavy atom. The monoisotopic (exact) mass is 300 g/mol. The van der Waals surface area contributed by atoms with Crippen LogP contribution in [0.3, 0.4) is 0 Å². The number of sulfonamides is 1. The van der Waals surface area contributed by atoms with Gasteiger partial charge in [0, 0.05) is 12.7 Å². The van der Waals surface area contributed by atoms with Gasteiger partial charge in [0.2, 0.25) is 11.8 Å². The summed E-state index contributed by atoms with van der Waals surface area (Å²) >= 11 is 0. The van der Waals surface area contributed by atoms with Crippen LogP contribution in [0.15, 0.2) is 11.2 Å². The third-order valence-electron chi connectivity index (χ3n) is 2.94. The van der Waals surface area contributed by atoms with Crippen molar-refractivity contribution < 1.29 is 18.0 Å². The Balaban J connectivity index is 2.32.